The Labute approximate surface area is 172 Å². The highest BCUT2D eigenvalue weighted by molar-refractivity contribution is 5.91. The molecular weight excluding hydrogens is 418 g/mol. The molecule has 5 nitrogen and oxygen atoms in total. The number of halogens is 5. The van der Waals surface area contributed by atoms with Gasteiger partial charge in [-0.15, -0.1) is 24.8 Å². The second-order valence-corrected chi connectivity index (χ2v) is 6.05. The molecule has 0 spiro atoms. The van der Waals surface area contributed by atoms with Crippen LogP contribution < -0.4 is 15.4 Å². The maximum atomic E-state index is 12.5. The fourth-order valence-corrected chi connectivity index (χ4v) is 2.71. The molecule has 1 aromatic heterocycles. The molecule has 1 aliphatic heterocycles. The van der Waals surface area contributed by atoms with Crippen LogP contribution in [0.1, 0.15) is 24.8 Å². The van der Waals surface area contributed by atoms with Gasteiger partial charge in [-0.3, -0.25) is 4.79 Å². The van der Waals surface area contributed by atoms with Gasteiger partial charge in [0.05, 0.1) is 17.4 Å². The van der Waals surface area contributed by atoms with Gasteiger partial charge >= 0.3 is 6.18 Å². The van der Waals surface area contributed by atoms with Gasteiger partial charge in [0.1, 0.15) is 5.75 Å². The highest BCUT2D eigenvalue weighted by atomic mass is 35.5. The molecule has 28 heavy (non-hydrogen) atoms. The Hall–Kier alpha value is -2.03. The van der Waals surface area contributed by atoms with E-state index in [0.29, 0.717) is 12.1 Å². The fraction of sp³-hybridized carbons (Fsp3) is 0.333. The molecule has 0 radical (unpaired) electrons. The van der Waals surface area contributed by atoms with Crippen molar-refractivity contribution in [2.75, 3.05) is 11.9 Å². The lowest BCUT2D eigenvalue weighted by Crippen LogP contribution is -2.27. The quantitative estimate of drug-likeness (QED) is 0.703. The van der Waals surface area contributed by atoms with Crippen LogP contribution >= 0.6 is 24.8 Å². The molecule has 2 heterocycles. The van der Waals surface area contributed by atoms with Gasteiger partial charge in [0.2, 0.25) is 11.8 Å². The number of benzene rings is 1. The molecule has 1 fully saturated rings. The number of carbonyl (C=O) groups is 1. The van der Waals surface area contributed by atoms with E-state index in [1.807, 2.05) is 0 Å². The Balaban J connectivity index is 0.00000196. The lowest BCUT2D eigenvalue weighted by Gasteiger charge is -2.11. The van der Waals surface area contributed by atoms with Crippen LogP contribution in [0.4, 0.5) is 18.9 Å². The summed E-state index contributed by atoms with van der Waals surface area (Å²) in [4.78, 5) is 16.0. The van der Waals surface area contributed by atoms with E-state index in [0.717, 1.165) is 31.5 Å². The molecule has 1 aliphatic rings. The average Bonchev–Trinajstić information content (AvgIpc) is 3.09. The molecule has 0 saturated carbocycles. The van der Waals surface area contributed by atoms with E-state index >= 15 is 0 Å². The van der Waals surface area contributed by atoms with E-state index in [9.17, 15) is 18.0 Å². The number of carbonyl (C=O) groups excluding carboxylic acids is 1. The van der Waals surface area contributed by atoms with Gasteiger partial charge in [-0.2, -0.15) is 13.2 Å². The molecule has 1 aromatic carbocycles. The molecule has 3 rings (SSSR count). The Kier molecular flexibility index (Phi) is 9.00. The van der Waals surface area contributed by atoms with E-state index in [-0.39, 0.29) is 48.4 Å². The molecule has 2 aromatic rings. The summed E-state index contributed by atoms with van der Waals surface area (Å²) in [6.45, 7) is 0.940. The first-order valence-electron chi connectivity index (χ1n) is 8.24. The van der Waals surface area contributed by atoms with Crippen molar-refractivity contribution in [2.45, 2.75) is 31.5 Å². The van der Waals surface area contributed by atoms with Gasteiger partial charge in [0.25, 0.3) is 0 Å². The molecule has 1 saturated heterocycles. The number of alkyl halides is 3. The van der Waals surface area contributed by atoms with Crippen LogP contribution in [0.2, 0.25) is 0 Å². The van der Waals surface area contributed by atoms with E-state index < -0.39 is 11.7 Å². The molecule has 10 heteroatoms. The zero-order valence-electron chi connectivity index (χ0n) is 14.7. The zero-order chi connectivity index (χ0) is 18.6. The van der Waals surface area contributed by atoms with Crippen molar-refractivity contribution in [1.82, 2.24) is 10.3 Å². The molecule has 0 aliphatic carbocycles. The van der Waals surface area contributed by atoms with Crippen molar-refractivity contribution < 1.29 is 22.7 Å². The first-order valence-corrected chi connectivity index (χ1v) is 8.24. The summed E-state index contributed by atoms with van der Waals surface area (Å²) in [6.07, 6.45) is -0.463. The number of hydrogen-bond acceptors (Lipinski definition) is 4. The minimum atomic E-state index is -4.38. The number of hydrogen-bond donors (Lipinski definition) is 2. The second kappa shape index (κ2) is 10.5. The normalized spacial score (nSPS) is 15.9. The number of rotatable bonds is 5. The van der Waals surface area contributed by atoms with Gasteiger partial charge in [0.15, 0.2) is 0 Å². The lowest BCUT2D eigenvalue weighted by atomic mass is 10.1. The number of aromatic nitrogens is 1. The molecule has 1 unspecified atom stereocenters. The summed E-state index contributed by atoms with van der Waals surface area (Å²) >= 11 is 0. The third-order valence-electron chi connectivity index (χ3n) is 4.02. The number of nitrogens with one attached hydrogen (secondary N) is 2. The summed E-state index contributed by atoms with van der Waals surface area (Å²) in [7, 11) is 0. The third-order valence-corrected chi connectivity index (χ3v) is 4.02. The van der Waals surface area contributed by atoms with Crippen LogP contribution in [-0.4, -0.2) is 23.5 Å². The molecular formula is C18H20Cl2F3N3O2. The van der Waals surface area contributed by atoms with Crippen LogP contribution in [0, 0.1) is 0 Å². The maximum absolute atomic E-state index is 12.5. The molecule has 2 N–H and O–H groups in total. The van der Waals surface area contributed by atoms with Gasteiger partial charge in [-0.05, 0) is 49.7 Å². The maximum Gasteiger partial charge on any atom is 0.416 e. The van der Waals surface area contributed by atoms with Crippen molar-refractivity contribution >= 4 is 36.4 Å². The second-order valence-electron chi connectivity index (χ2n) is 6.05. The van der Waals surface area contributed by atoms with Crippen LogP contribution in [0.5, 0.6) is 11.6 Å². The minimum absolute atomic E-state index is 0. The largest absolute Gasteiger partial charge is 0.439 e. The number of anilines is 1. The van der Waals surface area contributed by atoms with Gasteiger partial charge < -0.3 is 15.4 Å². The lowest BCUT2D eigenvalue weighted by molar-refractivity contribution is -0.137. The van der Waals surface area contributed by atoms with Crippen LogP contribution in [0.3, 0.4) is 0 Å². The van der Waals surface area contributed by atoms with Crippen molar-refractivity contribution in [2.24, 2.45) is 0 Å². The van der Waals surface area contributed by atoms with Crippen molar-refractivity contribution in [1.29, 1.82) is 0 Å². The standard InChI is InChI=1S/C18H18F3N3O2.2ClH/c19-18(20,21)12-3-6-15(7-4-12)26-17-8-5-14(11-23-17)24-16(25)10-13-2-1-9-22-13;;/h3-8,11,13,22H,1-2,9-10H2,(H,24,25);2*1H. The topological polar surface area (TPSA) is 63.2 Å². The Morgan fingerprint density at radius 3 is 2.43 bits per heavy atom. The van der Waals surface area contributed by atoms with Crippen molar-refractivity contribution in [3.05, 3.63) is 48.2 Å². The van der Waals surface area contributed by atoms with E-state index in [4.69, 9.17) is 4.74 Å². The first-order chi connectivity index (χ1) is 12.4. The monoisotopic (exact) mass is 437 g/mol. The summed E-state index contributed by atoms with van der Waals surface area (Å²) in [5, 5.41) is 6.02. The number of amides is 1. The zero-order valence-corrected chi connectivity index (χ0v) is 16.3. The Bertz CT molecular complexity index is 750. The molecule has 154 valence electrons. The fourth-order valence-electron chi connectivity index (χ4n) is 2.71. The Morgan fingerprint density at radius 2 is 1.89 bits per heavy atom. The first kappa shape index (κ1) is 24.0. The van der Waals surface area contributed by atoms with Crippen molar-refractivity contribution in [3.63, 3.8) is 0 Å². The van der Waals surface area contributed by atoms with E-state index in [1.165, 1.54) is 18.3 Å². The van der Waals surface area contributed by atoms with Crippen molar-refractivity contribution in [3.8, 4) is 11.6 Å². The highest BCUT2D eigenvalue weighted by Crippen LogP contribution is 2.31. The SMILES string of the molecule is Cl.Cl.O=C(CC1CCCN1)Nc1ccc(Oc2ccc(C(F)(F)F)cc2)nc1. The summed E-state index contributed by atoms with van der Waals surface area (Å²) in [6, 6.07) is 7.74. The van der Waals surface area contributed by atoms with Crippen LogP contribution in [0.25, 0.3) is 0 Å². The predicted octanol–water partition coefficient (Wildman–Crippen LogP) is 4.82. The highest BCUT2D eigenvalue weighted by Gasteiger charge is 2.30. The number of nitrogens with zero attached hydrogens (tertiary/aromatic N) is 1. The van der Waals surface area contributed by atoms with Gasteiger partial charge in [-0.1, -0.05) is 0 Å². The number of pyridine rings is 1. The molecule has 1 atom stereocenters. The van der Waals surface area contributed by atoms with Crippen LogP contribution in [-0.2, 0) is 11.0 Å². The average molecular weight is 438 g/mol. The number of ether oxygens (including phenoxy) is 1. The van der Waals surface area contributed by atoms with Crippen LogP contribution in [0.15, 0.2) is 42.6 Å². The van der Waals surface area contributed by atoms with E-state index in [2.05, 4.69) is 15.6 Å². The van der Waals surface area contributed by atoms with Gasteiger partial charge in [-0.25, -0.2) is 4.98 Å². The Morgan fingerprint density at radius 1 is 1.18 bits per heavy atom. The summed E-state index contributed by atoms with van der Waals surface area (Å²) < 4.78 is 43.0. The predicted molar refractivity (Wildman–Crippen MR) is 105 cm³/mol. The van der Waals surface area contributed by atoms with Gasteiger partial charge in [0, 0.05) is 18.5 Å². The summed E-state index contributed by atoms with van der Waals surface area (Å²) in [5.74, 6) is 0.373. The third kappa shape index (κ3) is 6.85. The molecule has 1 amide bonds. The smallest absolute Gasteiger partial charge is 0.416 e. The molecule has 0 bridgehead atoms. The minimum Gasteiger partial charge on any atom is -0.439 e. The summed E-state index contributed by atoms with van der Waals surface area (Å²) in [5.41, 5.74) is -0.208. The van der Waals surface area contributed by atoms with E-state index in [1.54, 1.807) is 12.1 Å².